The van der Waals surface area contributed by atoms with Gasteiger partial charge >= 0.3 is 0 Å². The Balaban J connectivity index is 1.52. The van der Waals surface area contributed by atoms with Gasteiger partial charge < -0.3 is 10.6 Å². The number of thiazole rings is 1. The van der Waals surface area contributed by atoms with Crippen LogP contribution in [-0.2, 0) is 6.42 Å². The van der Waals surface area contributed by atoms with E-state index >= 15 is 0 Å². The topological polar surface area (TPSA) is 84.7 Å². The third-order valence-corrected chi connectivity index (χ3v) is 5.20. The fourth-order valence-electron chi connectivity index (χ4n) is 2.82. The number of hydrogen-bond acceptors (Lipinski definition) is 6. The molecule has 0 atom stereocenters. The number of carbonyl (C=O) groups excluding carboxylic acids is 1. The van der Waals surface area contributed by atoms with Gasteiger partial charge in [-0.05, 0) is 39.8 Å². The molecule has 1 amide bonds. The molecule has 1 fully saturated rings. The Morgan fingerprint density at radius 3 is 2.91 bits per heavy atom. The largest absolute Gasteiger partial charge is 0.350 e. The lowest BCUT2D eigenvalue weighted by atomic mass is 10.1. The molecule has 3 rings (SSSR count). The highest BCUT2D eigenvalue weighted by atomic mass is 32.1. The van der Waals surface area contributed by atoms with Crippen LogP contribution in [-0.4, -0.2) is 45.5 Å². The summed E-state index contributed by atoms with van der Waals surface area (Å²) >= 11 is 1.68. The SMILES string of the molecule is Cc1nc(C)c(CCNC(=O)c2cn(C3CCNCC3)nn2)s1. The van der Waals surface area contributed by atoms with Crippen LogP contribution in [0.1, 0.15) is 45.0 Å². The summed E-state index contributed by atoms with van der Waals surface area (Å²) in [5.74, 6) is -0.163. The Labute approximate surface area is 139 Å². The van der Waals surface area contributed by atoms with E-state index in [1.165, 1.54) is 4.88 Å². The second kappa shape index (κ2) is 7.18. The molecule has 1 saturated heterocycles. The maximum absolute atomic E-state index is 12.2. The molecule has 0 aromatic carbocycles. The molecule has 0 radical (unpaired) electrons. The predicted molar refractivity (Wildman–Crippen MR) is 88.8 cm³/mol. The van der Waals surface area contributed by atoms with Gasteiger partial charge in [-0.2, -0.15) is 0 Å². The van der Waals surface area contributed by atoms with E-state index < -0.39 is 0 Å². The number of aromatic nitrogens is 4. The fraction of sp³-hybridized carbons (Fsp3) is 0.600. The van der Waals surface area contributed by atoms with Gasteiger partial charge in [0, 0.05) is 17.8 Å². The molecule has 3 heterocycles. The van der Waals surface area contributed by atoms with Crippen LogP contribution >= 0.6 is 11.3 Å². The van der Waals surface area contributed by atoms with Gasteiger partial charge in [0.1, 0.15) is 0 Å². The fourth-order valence-corrected chi connectivity index (χ4v) is 3.75. The number of nitrogens with one attached hydrogen (secondary N) is 2. The maximum Gasteiger partial charge on any atom is 0.273 e. The van der Waals surface area contributed by atoms with E-state index in [-0.39, 0.29) is 5.91 Å². The van der Waals surface area contributed by atoms with Gasteiger partial charge in [0.15, 0.2) is 5.69 Å². The van der Waals surface area contributed by atoms with Crippen molar-refractivity contribution < 1.29 is 4.79 Å². The second-order valence-corrected chi connectivity index (χ2v) is 7.10. The molecular formula is C15H22N6OS. The van der Waals surface area contributed by atoms with E-state index in [2.05, 4.69) is 25.9 Å². The van der Waals surface area contributed by atoms with Crippen molar-refractivity contribution >= 4 is 17.2 Å². The smallest absolute Gasteiger partial charge is 0.273 e. The minimum atomic E-state index is -0.163. The van der Waals surface area contributed by atoms with E-state index in [1.54, 1.807) is 17.5 Å². The molecular weight excluding hydrogens is 312 g/mol. The monoisotopic (exact) mass is 334 g/mol. The highest BCUT2D eigenvalue weighted by molar-refractivity contribution is 7.11. The summed E-state index contributed by atoms with van der Waals surface area (Å²) in [7, 11) is 0. The number of aryl methyl sites for hydroxylation is 2. The van der Waals surface area contributed by atoms with Crippen LogP contribution in [0.2, 0.25) is 0 Å². The molecule has 0 saturated carbocycles. The summed E-state index contributed by atoms with van der Waals surface area (Å²) in [4.78, 5) is 17.8. The lowest BCUT2D eigenvalue weighted by Gasteiger charge is -2.22. The molecule has 7 nitrogen and oxygen atoms in total. The molecule has 2 aromatic heterocycles. The van der Waals surface area contributed by atoms with E-state index in [1.807, 2.05) is 18.5 Å². The lowest BCUT2D eigenvalue weighted by molar-refractivity contribution is 0.0949. The van der Waals surface area contributed by atoms with Gasteiger partial charge in [-0.15, -0.1) is 16.4 Å². The molecule has 0 aliphatic carbocycles. The van der Waals surface area contributed by atoms with Crippen LogP contribution < -0.4 is 10.6 Å². The zero-order valence-electron chi connectivity index (χ0n) is 13.5. The van der Waals surface area contributed by atoms with Crippen LogP contribution in [0.15, 0.2) is 6.20 Å². The van der Waals surface area contributed by atoms with Crippen LogP contribution in [0, 0.1) is 13.8 Å². The van der Waals surface area contributed by atoms with Gasteiger partial charge in [0.2, 0.25) is 0 Å². The van der Waals surface area contributed by atoms with Gasteiger partial charge in [0.05, 0.1) is 22.9 Å². The summed E-state index contributed by atoms with van der Waals surface area (Å²) in [5.41, 5.74) is 1.44. The Hall–Kier alpha value is -1.80. The van der Waals surface area contributed by atoms with E-state index in [9.17, 15) is 4.79 Å². The van der Waals surface area contributed by atoms with Gasteiger partial charge in [-0.1, -0.05) is 5.21 Å². The van der Waals surface area contributed by atoms with Crippen LogP contribution in [0.25, 0.3) is 0 Å². The third-order valence-electron chi connectivity index (χ3n) is 4.06. The van der Waals surface area contributed by atoms with Crippen molar-refractivity contribution in [3.63, 3.8) is 0 Å². The van der Waals surface area contributed by atoms with Crippen molar-refractivity contribution in [1.29, 1.82) is 0 Å². The highest BCUT2D eigenvalue weighted by Crippen LogP contribution is 2.18. The van der Waals surface area contributed by atoms with E-state index in [4.69, 9.17) is 0 Å². The van der Waals surface area contributed by atoms with Crippen LogP contribution in [0.4, 0.5) is 0 Å². The zero-order valence-corrected chi connectivity index (χ0v) is 14.3. The molecule has 0 unspecified atom stereocenters. The summed E-state index contributed by atoms with van der Waals surface area (Å²) in [6.45, 7) is 6.56. The van der Waals surface area contributed by atoms with Crippen molar-refractivity contribution in [3.05, 3.63) is 27.5 Å². The first-order chi connectivity index (χ1) is 11.1. The molecule has 124 valence electrons. The first-order valence-electron chi connectivity index (χ1n) is 7.97. The zero-order chi connectivity index (χ0) is 16.2. The molecule has 0 spiro atoms. The maximum atomic E-state index is 12.2. The molecule has 2 N–H and O–H groups in total. The molecule has 1 aliphatic rings. The molecule has 0 bridgehead atoms. The lowest BCUT2D eigenvalue weighted by Crippen LogP contribution is -2.29. The van der Waals surface area contributed by atoms with Gasteiger partial charge in [0.25, 0.3) is 5.91 Å². The average Bonchev–Trinajstić information content (AvgIpc) is 3.15. The number of hydrogen-bond donors (Lipinski definition) is 2. The Morgan fingerprint density at radius 2 is 2.22 bits per heavy atom. The number of amides is 1. The molecule has 23 heavy (non-hydrogen) atoms. The second-order valence-electron chi connectivity index (χ2n) is 5.81. The molecule has 8 heteroatoms. The number of rotatable bonds is 5. The van der Waals surface area contributed by atoms with E-state index in [0.29, 0.717) is 18.3 Å². The van der Waals surface area contributed by atoms with Crippen molar-refractivity contribution in [2.45, 2.75) is 39.2 Å². The first-order valence-corrected chi connectivity index (χ1v) is 8.79. The number of nitrogens with zero attached hydrogens (tertiary/aromatic N) is 4. The Morgan fingerprint density at radius 1 is 1.43 bits per heavy atom. The van der Waals surface area contributed by atoms with Crippen LogP contribution in [0.3, 0.4) is 0 Å². The quantitative estimate of drug-likeness (QED) is 0.859. The van der Waals surface area contributed by atoms with Crippen molar-refractivity contribution in [2.75, 3.05) is 19.6 Å². The van der Waals surface area contributed by atoms with Crippen molar-refractivity contribution in [2.24, 2.45) is 0 Å². The van der Waals surface area contributed by atoms with Crippen LogP contribution in [0.5, 0.6) is 0 Å². The van der Waals surface area contributed by atoms with Crippen molar-refractivity contribution in [1.82, 2.24) is 30.6 Å². The minimum absolute atomic E-state index is 0.163. The average molecular weight is 334 g/mol. The highest BCUT2D eigenvalue weighted by Gasteiger charge is 2.18. The molecule has 2 aromatic rings. The van der Waals surface area contributed by atoms with E-state index in [0.717, 1.165) is 43.1 Å². The molecule has 1 aliphatic heterocycles. The summed E-state index contributed by atoms with van der Waals surface area (Å²) in [6, 6.07) is 0.341. The normalized spacial score (nSPS) is 15.7. The first kappa shape index (κ1) is 16.1. The number of carbonyl (C=O) groups is 1. The third kappa shape index (κ3) is 3.94. The predicted octanol–water partition coefficient (Wildman–Crippen LogP) is 1.25. The van der Waals surface area contributed by atoms with Gasteiger partial charge in [-0.25, -0.2) is 9.67 Å². The summed E-state index contributed by atoms with van der Waals surface area (Å²) in [5, 5.41) is 15.4. The summed E-state index contributed by atoms with van der Waals surface area (Å²) < 4.78 is 1.83. The van der Waals surface area contributed by atoms with Crippen molar-refractivity contribution in [3.8, 4) is 0 Å². The van der Waals surface area contributed by atoms with Gasteiger partial charge in [-0.3, -0.25) is 4.79 Å². The minimum Gasteiger partial charge on any atom is -0.350 e. The number of piperidine rings is 1. The standard InChI is InChI=1S/C15H22N6OS/c1-10-14(23-11(2)18-10)5-8-17-15(22)13-9-21(20-19-13)12-3-6-16-7-4-12/h9,12,16H,3-8H2,1-2H3,(H,17,22). The Bertz CT molecular complexity index is 673. The summed E-state index contributed by atoms with van der Waals surface area (Å²) in [6.07, 6.45) is 4.60. The Kier molecular flexibility index (Phi) is 5.02.